The number of nitrogens with one attached hydrogen (secondary N) is 1. The van der Waals surface area contributed by atoms with Gasteiger partial charge in [-0.3, -0.25) is 4.99 Å². The van der Waals surface area contributed by atoms with Crippen LogP contribution >= 0.6 is 11.8 Å². The number of hydrogen-bond acceptors (Lipinski definition) is 3. The maximum absolute atomic E-state index is 4.82. The summed E-state index contributed by atoms with van der Waals surface area (Å²) in [6.45, 7) is 4.64. The summed E-state index contributed by atoms with van der Waals surface area (Å²) in [5, 5.41) is 4.84. The summed E-state index contributed by atoms with van der Waals surface area (Å²) in [5.41, 5.74) is 0.580. The van der Waals surface area contributed by atoms with E-state index < -0.39 is 0 Å². The van der Waals surface area contributed by atoms with Crippen molar-refractivity contribution in [3.63, 3.8) is 0 Å². The first-order chi connectivity index (χ1) is 8.77. The Morgan fingerprint density at radius 1 is 1.28 bits per heavy atom. The molecule has 1 heterocycles. The van der Waals surface area contributed by atoms with Crippen LogP contribution in [0.15, 0.2) is 4.99 Å². The lowest BCUT2D eigenvalue weighted by Gasteiger charge is -2.31. The second kappa shape index (κ2) is 5.44. The first kappa shape index (κ1) is 12.8. The molecule has 2 fully saturated rings. The normalized spacial score (nSPS) is 34.8. The molecule has 2 unspecified atom stereocenters. The average molecular weight is 266 g/mol. The molecule has 0 aromatic carbocycles. The van der Waals surface area contributed by atoms with E-state index in [2.05, 4.69) is 12.2 Å². The fraction of sp³-hybridized carbons (Fsp3) is 0.933. The van der Waals surface area contributed by atoms with Crippen LogP contribution in [0, 0.1) is 17.3 Å². The van der Waals surface area contributed by atoms with Crippen LogP contribution in [0.2, 0.25) is 0 Å². The summed E-state index contributed by atoms with van der Waals surface area (Å²) in [6, 6.07) is 0. The lowest BCUT2D eigenvalue weighted by atomic mass is 9.89. The summed E-state index contributed by atoms with van der Waals surface area (Å²) < 4.78 is 0. The number of thioether (sulfide) groups is 1. The fourth-order valence-electron chi connectivity index (χ4n) is 3.83. The summed E-state index contributed by atoms with van der Waals surface area (Å²) >= 11 is 1.98. The summed E-state index contributed by atoms with van der Waals surface area (Å²) in [7, 11) is 0. The lowest BCUT2D eigenvalue weighted by molar-refractivity contribution is 0.357. The van der Waals surface area contributed by atoms with Crippen LogP contribution in [0.4, 0.5) is 0 Å². The van der Waals surface area contributed by atoms with E-state index >= 15 is 0 Å². The van der Waals surface area contributed by atoms with Gasteiger partial charge in [-0.25, -0.2) is 0 Å². The summed E-state index contributed by atoms with van der Waals surface area (Å²) in [6.07, 6.45) is 9.95. The van der Waals surface area contributed by atoms with Gasteiger partial charge < -0.3 is 5.32 Å². The smallest absolute Gasteiger partial charge is 0.156 e. The Balaban J connectivity index is 1.48. The highest BCUT2D eigenvalue weighted by Crippen LogP contribution is 2.43. The van der Waals surface area contributed by atoms with Crippen molar-refractivity contribution in [3.8, 4) is 0 Å². The largest absolute Gasteiger partial charge is 0.365 e. The summed E-state index contributed by atoms with van der Waals surface area (Å²) in [5.74, 6) is 3.10. The third-order valence-corrected chi connectivity index (χ3v) is 6.60. The molecule has 0 aromatic heterocycles. The highest BCUT2D eigenvalue weighted by Gasteiger charge is 2.36. The van der Waals surface area contributed by atoms with Crippen LogP contribution in [0.5, 0.6) is 0 Å². The van der Waals surface area contributed by atoms with Gasteiger partial charge in [-0.15, -0.1) is 0 Å². The zero-order chi connectivity index (χ0) is 12.4. The molecule has 2 nitrogen and oxygen atoms in total. The highest BCUT2D eigenvalue weighted by molar-refractivity contribution is 8.13. The molecule has 3 aliphatic rings. The topological polar surface area (TPSA) is 24.4 Å². The molecule has 0 saturated heterocycles. The molecule has 0 amide bonds. The Bertz CT molecular complexity index is 320. The van der Waals surface area contributed by atoms with Gasteiger partial charge in [-0.2, -0.15) is 0 Å². The zero-order valence-corrected chi connectivity index (χ0v) is 12.4. The van der Waals surface area contributed by atoms with Crippen LogP contribution in [-0.2, 0) is 0 Å². The van der Waals surface area contributed by atoms with Crippen LogP contribution in [0.25, 0.3) is 0 Å². The molecule has 3 heteroatoms. The van der Waals surface area contributed by atoms with Crippen molar-refractivity contribution < 1.29 is 0 Å². The number of hydrogen-bond donors (Lipinski definition) is 1. The standard InChI is InChI=1S/C15H26N2S/c1-12-5-4-6-13(12)9-16-14-17-10-15(11-18-14)7-2-3-8-15/h12-13H,2-11H2,1H3,(H,16,17). The molecule has 102 valence electrons. The molecule has 2 saturated carbocycles. The summed E-state index contributed by atoms with van der Waals surface area (Å²) in [4.78, 5) is 4.82. The molecule has 1 N–H and O–H groups in total. The quantitative estimate of drug-likeness (QED) is 0.824. The van der Waals surface area contributed by atoms with Crippen molar-refractivity contribution >= 4 is 16.9 Å². The highest BCUT2D eigenvalue weighted by atomic mass is 32.2. The van der Waals surface area contributed by atoms with Crippen molar-refractivity contribution in [2.75, 3.05) is 18.8 Å². The second-order valence-electron chi connectivity index (χ2n) is 6.67. The zero-order valence-electron chi connectivity index (χ0n) is 11.6. The Kier molecular flexibility index (Phi) is 3.88. The van der Waals surface area contributed by atoms with E-state index in [9.17, 15) is 0 Å². The third kappa shape index (κ3) is 2.71. The molecule has 0 bridgehead atoms. The first-order valence-electron chi connectivity index (χ1n) is 7.69. The fourth-order valence-corrected chi connectivity index (χ4v) is 4.99. The van der Waals surface area contributed by atoms with Gasteiger partial charge in [-0.1, -0.05) is 44.4 Å². The van der Waals surface area contributed by atoms with E-state index in [0.29, 0.717) is 5.41 Å². The molecule has 1 spiro atoms. The predicted octanol–water partition coefficient (Wildman–Crippen LogP) is 3.68. The molecule has 2 aliphatic carbocycles. The number of amidine groups is 1. The van der Waals surface area contributed by atoms with Gasteiger partial charge in [0.15, 0.2) is 5.17 Å². The van der Waals surface area contributed by atoms with E-state index in [4.69, 9.17) is 4.99 Å². The molecule has 3 rings (SSSR count). The van der Waals surface area contributed by atoms with E-state index in [1.54, 1.807) is 0 Å². The second-order valence-corrected chi connectivity index (χ2v) is 7.63. The minimum absolute atomic E-state index is 0.580. The minimum Gasteiger partial charge on any atom is -0.365 e. The maximum Gasteiger partial charge on any atom is 0.156 e. The number of rotatable bonds is 2. The van der Waals surface area contributed by atoms with Gasteiger partial charge >= 0.3 is 0 Å². The van der Waals surface area contributed by atoms with Gasteiger partial charge in [0.1, 0.15) is 0 Å². The monoisotopic (exact) mass is 266 g/mol. The average Bonchev–Trinajstić information content (AvgIpc) is 2.99. The Morgan fingerprint density at radius 3 is 2.72 bits per heavy atom. The molecule has 1 aliphatic heterocycles. The molecule has 0 radical (unpaired) electrons. The van der Waals surface area contributed by atoms with Crippen LogP contribution in [0.3, 0.4) is 0 Å². The minimum atomic E-state index is 0.580. The maximum atomic E-state index is 4.82. The van der Waals surface area contributed by atoms with E-state index in [-0.39, 0.29) is 0 Å². The molecule has 18 heavy (non-hydrogen) atoms. The van der Waals surface area contributed by atoms with E-state index in [1.807, 2.05) is 11.8 Å². The van der Waals surface area contributed by atoms with Crippen molar-refractivity contribution in [2.45, 2.75) is 51.9 Å². The predicted molar refractivity (Wildman–Crippen MR) is 80.2 cm³/mol. The third-order valence-electron chi connectivity index (χ3n) is 5.29. The van der Waals surface area contributed by atoms with Crippen LogP contribution in [0.1, 0.15) is 51.9 Å². The lowest BCUT2D eigenvalue weighted by Crippen LogP contribution is -2.35. The molecule has 2 atom stereocenters. The van der Waals surface area contributed by atoms with Gasteiger partial charge in [0.05, 0.1) is 0 Å². The van der Waals surface area contributed by atoms with E-state index in [0.717, 1.165) is 24.9 Å². The Morgan fingerprint density at radius 2 is 2.11 bits per heavy atom. The van der Waals surface area contributed by atoms with Crippen molar-refractivity contribution in [2.24, 2.45) is 22.2 Å². The Hall–Kier alpha value is -0.180. The van der Waals surface area contributed by atoms with Crippen molar-refractivity contribution in [1.82, 2.24) is 5.32 Å². The number of aliphatic imine (C=N–C) groups is 1. The number of nitrogens with zero attached hydrogens (tertiary/aromatic N) is 1. The Labute approximate surface area is 115 Å². The SMILES string of the molecule is CC1CCCC1CNC1=NCC2(CCCC2)CS1. The first-order valence-corrected chi connectivity index (χ1v) is 8.67. The van der Waals surface area contributed by atoms with Gasteiger partial charge in [0.2, 0.25) is 0 Å². The molecular formula is C15H26N2S. The molecular weight excluding hydrogens is 240 g/mol. The molecule has 0 aromatic rings. The van der Waals surface area contributed by atoms with Crippen LogP contribution in [-0.4, -0.2) is 24.0 Å². The van der Waals surface area contributed by atoms with Gasteiger partial charge in [-0.05, 0) is 36.5 Å². The van der Waals surface area contributed by atoms with Crippen molar-refractivity contribution in [3.05, 3.63) is 0 Å². The van der Waals surface area contributed by atoms with Gasteiger partial charge in [0, 0.05) is 18.8 Å². The van der Waals surface area contributed by atoms with Crippen molar-refractivity contribution in [1.29, 1.82) is 0 Å². The van der Waals surface area contributed by atoms with Crippen LogP contribution < -0.4 is 5.32 Å². The van der Waals surface area contributed by atoms with E-state index in [1.165, 1.54) is 55.9 Å². The van der Waals surface area contributed by atoms with Gasteiger partial charge in [0.25, 0.3) is 0 Å².